The molecule has 29 heavy (non-hydrogen) atoms. The van der Waals surface area contributed by atoms with Crippen molar-refractivity contribution >= 4 is 0 Å². The lowest BCUT2D eigenvalue weighted by Crippen LogP contribution is -2.23. The number of aromatic nitrogens is 3. The van der Waals surface area contributed by atoms with Crippen molar-refractivity contribution in [2.75, 3.05) is 20.8 Å². The standard InChI is InChI=1S/C22H28N4O3/c1-5-19-21(14(2)25-29-19)18-7-6-10-26(18)13-15-12-23-24-22(15)17-11-16(27-3)8-9-20(17)28-4/h8-9,11-12,18H,5-7,10,13H2,1-4H3,(H,23,24)/t18-/m1/s1. The maximum absolute atomic E-state index is 5.58. The van der Waals surface area contributed by atoms with Gasteiger partial charge in [-0.3, -0.25) is 10.00 Å². The van der Waals surface area contributed by atoms with Crippen LogP contribution in [0.1, 0.15) is 48.4 Å². The number of rotatable bonds is 7. The van der Waals surface area contributed by atoms with E-state index in [1.165, 1.54) is 5.56 Å². The predicted octanol–water partition coefficient (Wildman–Crippen LogP) is 4.29. The first kappa shape index (κ1) is 19.5. The fourth-order valence-electron chi connectivity index (χ4n) is 4.34. The fourth-order valence-corrected chi connectivity index (χ4v) is 4.34. The quantitative estimate of drug-likeness (QED) is 0.642. The number of H-pyrrole nitrogens is 1. The zero-order valence-corrected chi connectivity index (χ0v) is 17.5. The topological polar surface area (TPSA) is 76.4 Å². The van der Waals surface area contributed by atoms with Gasteiger partial charge >= 0.3 is 0 Å². The molecule has 1 N–H and O–H groups in total. The molecule has 4 rings (SSSR count). The number of ether oxygens (including phenoxy) is 2. The number of hydrogen-bond acceptors (Lipinski definition) is 6. The van der Waals surface area contributed by atoms with Crippen molar-refractivity contribution in [3.05, 3.63) is 47.0 Å². The van der Waals surface area contributed by atoms with E-state index in [1.54, 1.807) is 14.2 Å². The highest BCUT2D eigenvalue weighted by atomic mass is 16.5. The van der Waals surface area contributed by atoms with Crippen molar-refractivity contribution in [1.82, 2.24) is 20.3 Å². The molecule has 1 aliphatic rings. The van der Waals surface area contributed by atoms with E-state index < -0.39 is 0 Å². The maximum Gasteiger partial charge on any atom is 0.141 e. The Labute approximate surface area is 171 Å². The van der Waals surface area contributed by atoms with Crippen LogP contribution in [0.2, 0.25) is 0 Å². The molecule has 0 unspecified atom stereocenters. The molecule has 0 aliphatic carbocycles. The Morgan fingerprint density at radius 1 is 1.28 bits per heavy atom. The van der Waals surface area contributed by atoms with Crippen LogP contribution in [0, 0.1) is 6.92 Å². The minimum atomic E-state index is 0.325. The summed E-state index contributed by atoms with van der Waals surface area (Å²) in [4.78, 5) is 2.50. The van der Waals surface area contributed by atoms with Gasteiger partial charge in [-0.2, -0.15) is 5.10 Å². The number of hydrogen-bond donors (Lipinski definition) is 1. The summed E-state index contributed by atoms with van der Waals surface area (Å²) >= 11 is 0. The highest BCUT2D eigenvalue weighted by Gasteiger charge is 2.32. The average Bonchev–Trinajstić information content (AvgIpc) is 3.47. The molecule has 0 amide bonds. The van der Waals surface area contributed by atoms with Crippen LogP contribution in [0.3, 0.4) is 0 Å². The summed E-state index contributed by atoms with van der Waals surface area (Å²) < 4.78 is 16.6. The van der Waals surface area contributed by atoms with Crippen LogP contribution in [0.5, 0.6) is 11.5 Å². The van der Waals surface area contributed by atoms with Gasteiger partial charge in [-0.05, 0) is 44.5 Å². The first-order valence-electron chi connectivity index (χ1n) is 10.1. The summed E-state index contributed by atoms with van der Waals surface area (Å²) in [6, 6.07) is 6.13. The Morgan fingerprint density at radius 2 is 2.14 bits per heavy atom. The van der Waals surface area contributed by atoms with Gasteiger partial charge in [0, 0.05) is 35.7 Å². The number of nitrogens with one attached hydrogen (secondary N) is 1. The summed E-state index contributed by atoms with van der Waals surface area (Å²) in [7, 11) is 3.35. The second-order valence-electron chi connectivity index (χ2n) is 7.42. The predicted molar refractivity (Wildman–Crippen MR) is 110 cm³/mol. The van der Waals surface area contributed by atoms with Crippen molar-refractivity contribution in [1.29, 1.82) is 0 Å². The molecule has 1 aromatic carbocycles. The lowest BCUT2D eigenvalue weighted by molar-refractivity contribution is 0.245. The summed E-state index contributed by atoms with van der Waals surface area (Å²) in [5, 5.41) is 11.7. The lowest BCUT2D eigenvalue weighted by atomic mass is 10.0. The van der Waals surface area contributed by atoms with Crippen molar-refractivity contribution in [3.8, 4) is 22.8 Å². The van der Waals surface area contributed by atoms with Crippen LogP contribution in [-0.4, -0.2) is 41.0 Å². The Balaban J connectivity index is 1.65. The average molecular weight is 396 g/mol. The van der Waals surface area contributed by atoms with E-state index in [-0.39, 0.29) is 0 Å². The molecule has 0 spiro atoms. The van der Waals surface area contributed by atoms with Crippen LogP contribution >= 0.6 is 0 Å². The monoisotopic (exact) mass is 396 g/mol. The van der Waals surface area contributed by atoms with Gasteiger partial charge in [0.15, 0.2) is 0 Å². The molecular weight excluding hydrogens is 368 g/mol. The van der Waals surface area contributed by atoms with Gasteiger partial charge in [-0.1, -0.05) is 12.1 Å². The molecule has 3 heterocycles. The Bertz CT molecular complexity index is 978. The molecule has 2 aromatic heterocycles. The van der Waals surface area contributed by atoms with Gasteiger partial charge in [-0.25, -0.2) is 0 Å². The van der Waals surface area contributed by atoms with Crippen LogP contribution in [0.25, 0.3) is 11.3 Å². The summed E-state index contributed by atoms with van der Waals surface area (Å²) in [6.45, 7) is 5.99. The molecule has 7 heteroatoms. The van der Waals surface area contributed by atoms with E-state index >= 15 is 0 Å². The number of benzene rings is 1. The van der Waals surface area contributed by atoms with Crippen molar-refractivity contribution in [3.63, 3.8) is 0 Å². The van der Waals surface area contributed by atoms with Crippen LogP contribution in [0.15, 0.2) is 28.9 Å². The van der Waals surface area contributed by atoms with Gasteiger partial charge in [0.05, 0.1) is 31.8 Å². The van der Waals surface area contributed by atoms with Crippen LogP contribution < -0.4 is 9.47 Å². The highest BCUT2D eigenvalue weighted by molar-refractivity contribution is 5.71. The summed E-state index contributed by atoms with van der Waals surface area (Å²) in [6.07, 6.45) is 5.04. The number of nitrogens with zero attached hydrogens (tertiary/aromatic N) is 3. The molecule has 0 bridgehead atoms. The van der Waals surface area contributed by atoms with Crippen LogP contribution in [-0.2, 0) is 13.0 Å². The molecule has 154 valence electrons. The SMILES string of the molecule is CCc1onc(C)c1[C@H]1CCCN1Cc1cn[nH]c1-c1cc(OC)ccc1OC. The number of aromatic amines is 1. The van der Waals surface area contributed by atoms with Crippen LogP contribution in [0.4, 0.5) is 0 Å². The largest absolute Gasteiger partial charge is 0.497 e. The van der Waals surface area contributed by atoms with Crippen molar-refractivity contribution < 1.29 is 14.0 Å². The molecule has 1 fully saturated rings. The molecule has 7 nitrogen and oxygen atoms in total. The van der Waals surface area contributed by atoms with Gasteiger partial charge in [0.25, 0.3) is 0 Å². The maximum atomic E-state index is 5.58. The third-order valence-electron chi connectivity index (χ3n) is 5.77. The zero-order valence-electron chi connectivity index (χ0n) is 17.5. The first-order chi connectivity index (χ1) is 14.2. The number of likely N-dealkylation sites (tertiary alicyclic amines) is 1. The first-order valence-corrected chi connectivity index (χ1v) is 10.1. The zero-order chi connectivity index (χ0) is 20.4. The molecular formula is C22H28N4O3. The Kier molecular flexibility index (Phi) is 5.58. The molecule has 3 aromatic rings. The molecule has 1 aliphatic heterocycles. The summed E-state index contributed by atoms with van der Waals surface area (Å²) in [5.41, 5.74) is 5.31. The Hall–Kier alpha value is -2.80. The van der Waals surface area contributed by atoms with E-state index in [9.17, 15) is 0 Å². The third-order valence-corrected chi connectivity index (χ3v) is 5.77. The molecule has 0 radical (unpaired) electrons. The van der Waals surface area contributed by atoms with E-state index in [2.05, 4.69) is 27.2 Å². The lowest BCUT2D eigenvalue weighted by Gasteiger charge is -2.25. The van der Waals surface area contributed by atoms with Gasteiger partial charge in [0.1, 0.15) is 17.3 Å². The molecule has 1 saturated heterocycles. The van der Waals surface area contributed by atoms with E-state index in [4.69, 9.17) is 14.0 Å². The number of aryl methyl sites for hydroxylation is 2. The van der Waals surface area contributed by atoms with E-state index in [0.717, 1.165) is 72.1 Å². The second-order valence-corrected chi connectivity index (χ2v) is 7.42. The second kappa shape index (κ2) is 8.29. The molecule has 0 saturated carbocycles. The Morgan fingerprint density at radius 3 is 2.90 bits per heavy atom. The highest BCUT2D eigenvalue weighted by Crippen LogP contribution is 2.39. The molecule has 1 atom stereocenters. The van der Waals surface area contributed by atoms with Gasteiger partial charge in [0.2, 0.25) is 0 Å². The van der Waals surface area contributed by atoms with Crippen molar-refractivity contribution in [2.24, 2.45) is 0 Å². The third kappa shape index (κ3) is 3.62. The summed E-state index contributed by atoms with van der Waals surface area (Å²) in [5.74, 6) is 2.58. The van der Waals surface area contributed by atoms with E-state index in [0.29, 0.717) is 6.04 Å². The smallest absolute Gasteiger partial charge is 0.141 e. The van der Waals surface area contributed by atoms with E-state index in [1.807, 2.05) is 31.3 Å². The minimum Gasteiger partial charge on any atom is -0.497 e. The fraction of sp³-hybridized carbons (Fsp3) is 0.455. The van der Waals surface area contributed by atoms with Gasteiger partial charge < -0.3 is 14.0 Å². The van der Waals surface area contributed by atoms with Crippen molar-refractivity contribution in [2.45, 2.75) is 45.7 Å². The normalized spacial score (nSPS) is 17.0. The minimum absolute atomic E-state index is 0.325. The number of methoxy groups -OCH3 is 2. The van der Waals surface area contributed by atoms with Gasteiger partial charge in [-0.15, -0.1) is 0 Å².